The van der Waals surface area contributed by atoms with E-state index in [0.29, 0.717) is 0 Å². The molecule has 2 saturated heterocycles. The molecule has 7 heteroatoms. The minimum Gasteiger partial charge on any atom is -0.353 e. The lowest BCUT2D eigenvalue weighted by atomic mass is 10.1. The van der Waals surface area contributed by atoms with Crippen molar-refractivity contribution in [3.05, 3.63) is 23.3 Å². The number of hydrogen-bond donors (Lipinski definition) is 0. The molecule has 0 amide bonds. The van der Waals surface area contributed by atoms with Gasteiger partial charge in [0.25, 0.3) is 0 Å². The Bertz CT molecular complexity index is 673. The molecule has 128 valence electrons. The summed E-state index contributed by atoms with van der Waals surface area (Å²) in [6.07, 6.45) is 7.69. The first-order valence-corrected chi connectivity index (χ1v) is 9.61. The third kappa shape index (κ3) is 3.31. The smallest absolute Gasteiger partial charge is 0.227 e. The second-order valence-electron chi connectivity index (χ2n) is 6.49. The summed E-state index contributed by atoms with van der Waals surface area (Å²) in [5.74, 6) is 1.95. The molecule has 0 atom stereocenters. The van der Waals surface area contributed by atoms with E-state index in [1.807, 2.05) is 18.5 Å². The van der Waals surface area contributed by atoms with Crippen molar-refractivity contribution in [3.63, 3.8) is 0 Å². The highest BCUT2D eigenvalue weighted by molar-refractivity contribution is 7.15. The Kier molecular flexibility index (Phi) is 4.51. The van der Waals surface area contributed by atoms with Crippen LogP contribution in [0.2, 0.25) is 0 Å². The third-order valence-corrected chi connectivity index (χ3v) is 5.72. The van der Waals surface area contributed by atoms with Crippen LogP contribution in [0.3, 0.4) is 0 Å². The van der Waals surface area contributed by atoms with Crippen molar-refractivity contribution < 1.29 is 0 Å². The van der Waals surface area contributed by atoms with Crippen LogP contribution in [0, 0.1) is 6.92 Å². The summed E-state index contributed by atoms with van der Waals surface area (Å²) < 4.78 is 0. The molecule has 0 saturated carbocycles. The first kappa shape index (κ1) is 15.6. The monoisotopic (exact) mass is 344 g/mol. The minimum absolute atomic E-state index is 0.894. The molecule has 0 bridgehead atoms. The van der Waals surface area contributed by atoms with Crippen molar-refractivity contribution in [2.75, 3.05) is 54.0 Å². The van der Waals surface area contributed by atoms with Gasteiger partial charge in [-0.25, -0.2) is 9.97 Å². The molecule has 2 aromatic heterocycles. The molecule has 0 aromatic carbocycles. The molecule has 4 heterocycles. The molecule has 2 aliphatic rings. The van der Waals surface area contributed by atoms with Crippen LogP contribution in [0.25, 0.3) is 0 Å². The van der Waals surface area contributed by atoms with E-state index in [9.17, 15) is 0 Å². The molecule has 0 spiro atoms. The zero-order valence-corrected chi connectivity index (χ0v) is 15.0. The summed E-state index contributed by atoms with van der Waals surface area (Å²) in [5.41, 5.74) is 0. The summed E-state index contributed by atoms with van der Waals surface area (Å²) in [5, 5.41) is 1.14. The Labute approximate surface area is 147 Å². The molecular weight excluding hydrogens is 320 g/mol. The standard InChI is InChI=1S/C17H24N6S/c1-14-13-19-17(24-14)23-11-9-21(10-12-23)15-5-6-18-16(20-15)22-7-3-2-4-8-22/h5-6,13H,2-4,7-12H2,1H3. The van der Waals surface area contributed by atoms with E-state index in [1.165, 1.54) is 24.1 Å². The first-order chi connectivity index (χ1) is 11.8. The van der Waals surface area contributed by atoms with Crippen molar-refractivity contribution in [2.24, 2.45) is 0 Å². The number of thiazole rings is 1. The predicted molar refractivity (Wildman–Crippen MR) is 99.4 cm³/mol. The number of aromatic nitrogens is 3. The highest BCUT2D eigenvalue weighted by Gasteiger charge is 2.21. The van der Waals surface area contributed by atoms with Gasteiger partial charge < -0.3 is 14.7 Å². The number of anilines is 3. The van der Waals surface area contributed by atoms with Gasteiger partial charge in [-0.05, 0) is 32.3 Å². The van der Waals surface area contributed by atoms with Crippen LogP contribution < -0.4 is 14.7 Å². The average Bonchev–Trinajstić information content (AvgIpc) is 3.09. The highest BCUT2D eigenvalue weighted by atomic mass is 32.1. The van der Waals surface area contributed by atoms with Crippen LogP contribution in [0.5, 0.6) is 0 Å². The number of piperidine rings is 1. The van der Waals surface area contributed by atoms with Crippen LogP contribution in [-0.2, 0) is 0 Å². The van der Waals surface area contributed by atoms with E-state index in [1.54, 1.807) is 11.3 Å². The minimum atomic E-state index is 0.894. The summed E-state index contributed by atoms with van der Waals surface area (Å²) >= 11 is 1.78. The van der Waals surface area contributed by atoms with Crippen molar-refractivity contribution in [2.45, 2.75) is 26.2 Å². The van der Waals surface area contributed by atoms with Gasteiger partial charge in [-0.2, -0.15) is 4.98 Å². The van der Waals surface area contributed by atoms with Crippen LogP contribution in [-0.4, -0.2) is 54.2 Å². The zero-order chi connectivity index (χ0) is 16.4. The summed E-state index contributed by atoms with van der Waals surface area (Å²) in [6.45, 7) is 8.23. The summed E-state index contributed by atoms with van der Waals surface area (Å²) in [6, 6.07) is 2.04. The van der Waals surface area contributed by atoms with E-state index in [0.717, 1.165) is 56.2 Å². The first-order valence-electron chi connectivity index (χ1n) is 8.80. The normalized spacial score (nSPS) is 19.0. The van der Waals surface area contributed by atoms with Crippen LogP contribution in [0.15, 0.2) is 18.5 Å². The van der Waals surface area contributed by atoms with Gasteiger partial charge in [0.15, 0.2) is 5.13 Å². The topological polar surface area (TPSA) is 48.4 Å². The molecule has 0 unspecified atom stereocenters. The fraction of sp³-hybridized carbons (Fsp3) is 0.588. The fourth-order valence-electron chi connectivity index (χ4n) is 3.38. The van der Waals surface area contributed by atoms with Gasteiger partial charge in [-0.1, -0.05) is 0 Å². The van der Waals surface area contributed by atoms with E-state index in [4.69, 9.17) is 4.98 Å². The van der Waals surface area contributed by atoms with Crippen LogP contribution in [0.4, 0.5) is 16.9 Å². The Hall–Kier alpha value is -1.89. The SMILES string of the molecule is Cc1cnc(N2CCN(c3ccnc(N4CCCCC4)n3)CC2)s1. The van der Waals surface area contributed by atoms with E-state index < -0.39 is 0 Å². The van der Waals surface area contributed by atoms with E-state index >= 15 is 0 Å². The van der Waals surface area contributed by atoms with Crippen LogP contribution >= 0.6 is 11.3 Å². The largest absolute Gasteiger partial charge is 0.353 e. The molecule has 2 fully saturated rings. The second-order valence-corrected chi connectivity index (χ2v) is 7.70. The molecular formula is C17H24N6S. The second kappa shape index (κ2) is 6.93. The van der Waals surface area contributed by atoms with E-state index in [-0.39, 0.29) is 0 Å². The predicted octanol–water partition coefficient (Wildman–Crippen LogP) is 2.56. The maximum atomic E-state index is 4.83. The van der Waals surface area contributed by atoms with Gasteiger partial charge in [0.1, 0.15) is 5.82 Å². The van der Waals surface area contributed by atoms with Crippen molar-refractivity contribution in [1.82, 2.24) is 15.0 Å². The average molecular weight is 344 g/mol. The van der Waals surface area contributed by atoms with Crippen LogP contribution in [0.1, 0.15) is 24.1 Å². The lowest BCUT2D eigenvalue weighted by Crippen LogP contribution is -2.47. The Morgan fingerprint density at radius 1 is 0.875 bits per heavy atom. The molecule has 2 aromatic rings. The van der Waals surface area contributed by atoms with Crippen molar-refractivity contribution in [1.29, 1.82) is 0 Å². The Morgan fingerprint density at radius 2 is 1.62 bits per heavy atom. The molecule has 24 heavy (non-hydrogen) atoms. The maximum Gasteiger partial charge on any atom is 0.227 e. The molecule has 2 aliphatic heterocycles. The van der Waals surface area contributed by atoms with Crippen molar-refractivity contribution >= 4 is 28.2 Å². The summed E-state index contributed by atoms with van der Waals surface area (Å²) in [4.78, 5) is 22.2. The molecule has 6 nitrogen and oxygen atoms in total. The highest BCUT2D eigenvalue weighted by Crippen LogP contribution is 2.24. The quantitative estimate of drug-likeness (QED) is 0.853. The lowest BCUT2D eigenvalue weighted by molar-refractivity contribution is 0.567. The van der Waals surface area contributed by atoms with Gasteiger partial charge in [-0.15, -0.1) is 11.3 Å². The maximum absolute atomic E-state index is 4.83. The molecule has 0 aliphatic carbocycles. The Balaban J connectivity index is 1.42. The van der Waals surface area contributed by atoms with Gasteiger partial charge in [0, 0.05) is 56.5 Å². The number of piperazine rings is 1. The van der Waals surface area contributed by atoms with E-state index in [2.05, 4.69) is 31.6 Å². The number of nitrogens with zero attached hydrogens (tertiary/aromatic N) is 6. The third-order valence-electron chi connectivity index (χ3n) is 4.75. The zero-order valence-electron chi connectivity index (χ0n) is 14.2. The van der Waals surface area contributed by atoms with Crippen molar-refractivity contribution in [3.8, 4) is 0 Å². The molecule has 0 radical (unpaired) electrons. The van der Waals surface area contributed by atoms with Gasteiger partial charge in [0.2, 0.25) is 5.95 Å². The number of aryl methyl sites for hydroxylation is 1. The fourth-order valence-corrected chi connectivity index (χ4v) is 4.19. The molecule has 0 N–H and O–H groups in total. The van der Waals surface area contributed by atoms with Gasteiger partial charge in [0.05, 0.1) is 0 Å². The van der Waals surface area contributed by atoms with Gasteiger partial charge >= 0.3 is 0 Å². The number of hydrogen-bond acceptors (Lipinski definition) is 7. The molecule has 4 rings (SSSR count). The summed E-state index contributed by atoms with van der Waals surface area (Å²) in [7, 11) is 0. The Morgan fingerprint density at radius 3 is 2.33 bits per heavy atom. The van der Waals surface area contributed by atoms with Gasteiger partial charge in [-0.3, -0.25) is 0 Å². The number of rotatable bonds is 3. The lowest BCUT2D eigenvalue weighted by Gasteiger charge is -2.35.